The summed E-state index contributed by atoms with van der Waals surface area (Å²) in [5, 5.41) is 2.97. The number of benzene rings is 2. The Morgan fingerprint density at radius 2 is 1.77 bits per heavy atom. The van der Waals surface area contributed by atoms with Crippen molar-refractivity contribution < 1.29 is 4.79 Å². The van der Waals surface area contributed by atoms with Crippen LogP contribution in [0.2, 0.25) is 0 Å². The molecule has 3 N–H and O–H groups in total. The second-order valence-corrected chi connectivity index (χ2v) is 5.45. The number of nitrogen functional groups attached to an aromatic ring is 1. The Hall–Kier alpha value is -2.00. The molecule has 2 aromatic carbocycles. The highest BCUT2D eigenvalue weighted by molar-refractivity contribution is 5.85. The van der Waals surface area contributed by atoms with Crippen molar-refractivity contribution >= 4 is 24.0 Å². The quantitative estimate of drug-likeness (QED) is 0.832. The predicted octanol–water partition coefficient (Wildman–Crippen LogP) is 3.21. The molecule has 1 amide bonds. The summed E-state index contributed by atoms with van der Waals surface area (Å²) in [7, 11) is 0. The van der Waals surface area contributed by atoms with Crippen LogP contribution < -0.4 is 11.1 Å². The molecule has 0 radical (unpaired) electrons. The topological polar surface area (TPSA) is 55.1 Å². The van der Waals surface area contributed by atoms with Gasteiger partial charge in [-0.25, -0.2) is 0 Å². The molecule has 0 aromatic heterocycles. The van der Waals surface area contributed by atoms with E-state index in [1.54, 1.807) is 0 Å². The lowest BCUT2D eigenvalue weighted by molar-refractivity contribution is -0.120. The van der Waals surface area contributed by atoms with Crippen LogP contribution in [-0.2, 0) is 17.6 Å². The van der Waals surface area contributed by atoms with Crippen molar-refractivity contribution in [2.45, 2.75) is 26.7 Å². The van der Waals surface area contributed by atoms with Crippen LogP contribution in [0.4, 0.5) is 5.69 Å². The molecule has 118 valence electrons. The second-order valence-electron chi connectivity index (χ2n) is 5.45. The van der Waals surface area contributed by atoms with Gasteiger partial charge in [0.15, 0.2) is 0 Å². The summed E-state index contributed by atoms with van der Waals surface area (Å²) in [6.07, 6.45) is 1.26. The number of halogens is 1. The van der Waals surface area contributed by atoms with Gasteiger partial charge in [0.05, 0.1) is 6.42 Å². The number of hydrogen-bond donors (Lipinski definition) is 2. The SMILES string of the molecule is Cc1ccc(C)c(CC(=O)NCCc2ccc(N)cc2)c1.Cl. The summed E-state index contributed by atoms with van der Waals surface area (Å²) in [6, 6.07) is 14.0. The Labute approximate surface area is 138 Å². The van der Waals surface area contributed by atoms with Crippen LogP contribution in [0, 0.1) is 13.8 Å². The van der Waals surface area contributed by atoms with E-state index in [1.807, 2.05) is 38.1 Å². The molecule has 0 unspecified atom stereocenters. The summed E-state index contributed by atoms with van der Waals surface area (Å²) in [5.41, 5.74) is 11.0. The van der Waals surface area contributed by atoms with E-state index in [0.29, 0.717) is 13.0 Å². The van der Waals surface area contributed by atoms with Crippen molar-refractivity contribution in [3.8, 4) is 0 Å². The molecule has 2 rings (SSSR count). The first-order valence-corrected chi connectivity index (χ1v) is 7.22. The van der Waals surface area contributed by atoms with Crippen LogP contribution in [0.25, 0.3) is 0 Å². The molecule has 0 aliphatic carbocycles. The fraction of sp³-hybridized carbons (Fsp3) is 0.278. The minimum Gasteiger partial charge on any atom is -0.399 e. The number of carbonyl (C=O) groups is 1. The number of carbonyl (C=O) groups excluding carboxylic acids is 1. The van der Waals surface area contributed by atoms with Gasteiger partial charge in [-0.15, -0.1) is 12.4 Å². The van der Waals surface area contributed by atoms with Gasteiger partial charge in [0.1, 0.15) is 0 Å². The highest BCUT2D eigenvalue weighted by atomic mass is 35.5. The molecular formula is C18H23ClN2O. The minimum absolute atomic E-state index is 0. The molecule has 22 heavy (non-hydrogen) atoms. The van der Waals surface area contributed by atoms with Crippen molar-refractivity contribution in [3.05, 3.63) is 64.7 Å². The molecule has 0 bridgehead atoms. The zero-order valence-corrected chi connectivity index (χ0v) is 13.9. The first kappa shape index (κ1) is 18.1. The van der Waals surface area contributed by atoms with Crippen LogP contribution in [0.15, 0.2) is 42.5 Å². The summed E-state index contributed by atoms with van der Waals surface area (Å²) < 4.78 is 0. The monoisotopic (exact) mass is 318 g/mol. The van der Waals surface area contributed by atoms with Crippen molar-refractivity contribution in [3.63, 3.8) is 0 Å². The van der Waals surface area contributed by atoms with Gasteiger partial charge in [-0.1, -0.05) is 35.9 Å². The minimum atomic E-state index is 0. The Morgan fingerprint density at radius 1 is 1.09 bits per heavy atom. The van der Waals surface area contributed by atoms with E-state index >= 15 is 0 Å². The highest BCUT2D eigenvalue weighted by Crippen LogP contribution is 2.11. The number of amides is 1. The molecule has 4 heteroatoms. The van der Waals surface area contributed by atoms with Crippen molar-refractivity contribution in [1.82, 2.24) is 5.32 Å². The number of aryl methyl sites for hydroxylation is 2. The Balaban J connectivity index is 0.00000242. The van der Waals surface area contributed by atoms with Crippen molar-refractivity contribution in [2.24, 2.45) is 0 Å². The Bertz CT molecular complexity index is 623. The smallest absolute Gasteiger partial charge is 0.224 e. The van der Waals surface area contributed by atoms with Crippen molar-refractivity contribution in [1.29, 1.82) is 0 Å². The van der Waals surface area contributed by atoms with Crippen LogP contribution >= 0.6 is 12.4 Å². The standard InChI is InChI=1S/C18H22N2O.ClH/c1-13-3-4-14(2)16(11-13)12-18(21)20-10-9-15-5-7-17(19)8-6-15;/h3-8,11H,9-10,12,19H2,1-2H3,(H,20,21);1H. The summed E-state index contributed by atoms with van der Waals surface area (Å²) in [6.45, 7) is 4.73. The number of anilines is 1. The summed E-state index contributed by atoms with van der Waals surface area (Å²) in [5.74, 6) is 0.0687. The molecule has 0 saturated heterocycles. The molecule has 0 aliphatic heterocycles. The predicted molar refractivity (Wildman–Crippen MR) is 94.4 cm³/mol. The zero-order valence-electron chi connectivity index (χ0n) is 13.1. The lowest BCUT2D eigenvalue weighted by atomic mass is 10.0. The van der Waals surface area contributed by atoms with Gasteiger partial charge in [-0.3, -0.25) is 4.79 Å². The maximum Gasteiger partial charge on any atom is 0.224 e. The van der Waals surface area contributed by atoms with Gasteiger partial charge < -0.3 is 11.1 Å². The van der Waals surface area contributed by atoms with E-state index in [-0.39, 0.29) is 18.3 Å². The Morgan fingerprint density at radius 3 is 2.45 bits per heavy atom. The Kier molecular flexibility index (Phi) is 6.93. The lowest BCUT2D eigenvalue weighted by Crippen LogP contribution is -2.27. The van der Waals surface area contributed by atoms with Crippen molar-refractivity contribution in [2.75, 3.05) is 12.3 Å². The molecule has 0 saturated carbocycles. The highest BCUT2D eigenvalue weighted by Gasteiger charge is 2.06. The van der Waals surface area contributed by atoms with Crippen LogP contribution in [0.5, 0.6) is 0 Å². The van der Waals surface area contributed by atoms with E-state index in [0.717, 1.165) is 23.2 Å². The fourth-order valence-electron chi connectivity index (χ4n) is 2.26. The van der Waals surface area contributed by atoms with Gasteiger partial charge in [0, 0.05) is 12.2 Å². The number of hydrogen-bond acceptors (Lipinski definition) is 2. The van der Waals surface area contributed by atoms with Crippen LogP contribution in [0.1, 0.15) is 22.3 Å². The van der Waals surface area contributed by atoms with Gasteiger partial charge in [-0.05, 0) is 49.1 Å². The number of nitrogens with two attached hydrogens (primary N) is 1. The molecular weight excluding hydrogens is 296 g/mol. The van der Waals surface area contributed by atoms with E-state index in [1.165, 1.54) is 11.1 Å². The van der Waals surface area contributed by atoms with Gasteiger partial charge in [-0.2, -0.15) is 0 Å². The molecule has 0 spiro atoms. The first-order valence-electron chi connectivity index (χ1n) is 7.22. The van der Waals surface area contributed by atoms with E-state index < -0.39 is 0 Å². The molecule has 2 aromatic rings. The normalized spacial score (nSPS) is 9.91. The summed E-state index contributed by atoms with van der Waals surface area (Å²) >= 11 is 0. The van der Waals surface area contributed by atoms with E-state index in [2.05, 4.69) is 23.5 Å². The largest absolute Gasteiger partial charge is 0.399 e. The third-order valence-electron chi connectivity index (χ3n) is 3.57. The molecule has 0 heterocycles. The van der Waals surface area contributed by atoms with E-state index in [9.17, 15) is 4.79 Å². The first-order chi connectivity index (χ1) is 10.0. The summed E-state index contributed by atoms with van der Waals surface area (Å²) in [4.78, 5) is 12.0. The van der Waals surface area contributed by atoms with Crippen LogP contribution in [-0.4, -0.2) is 12.5 Å². The van der Waals surface area contributed by atoms with Crippen LogP contribution in [0.3, 0.4) is 0 Å². The zero-order chi connectivity index (χ0) is 15.2. The lowest BCUT2D eigenvalue weighted by Gasteiger charge is -2.08. The maximum absolute atomic E-state index is 12.0. The molecule has 0 atom stereocenters. The van der Waals surface area contributed by atoms with E-state index in [4.69, 9.17) is 5.73 Å². The average Bonchev–Trinajstić information content (AvgIpc) is 2.45. The van der Waals surface area contributed by atoms with Gasteiger partial charge >= 0.3 is 0 Å². The third-order valence-corrected chi connectivity index (χ3v) is 3.57. The maximum atomic E-state index is 12.0. The molecule has 3 nitrogen and oxygen atoms in total. The average molecular weight is 319 g/mol. The number of rotatable bonds is 5. The molecule has 0 aliphatic rings. The number of nitrogens with one attached hydrogen (secondary N) is 1. The van der Waals surface area contributed by atoms with Gasteiger partial charge in [0.2, 0.25) is 5.91 Å². The van der Waals surface area contributed by atoms with Gasteiger partial charge in [0.25, 0.3) is 0 Å². The molecule has 0 fully saturated rings. The fourth-order valence-corrected chi connectivity index (χ4v) is 2.26. The second kappa shape index (κ2) is 8.44. The third kappa shape index (κ3) is 5.41.